The molecule has 0 heterocycles. The SMILES string of the molecule is CNCCCN(C)C(C)C1CC1. The number of hydrogen-bond donors (Lipinski definition) is 1. The Balaban J connectivity index is 2.04. The Hall–Kier alpha value is -0.0800. The van der Waals surface area contributed by atoms with E-state index in [2.05, 4.69) is 24.2 Å². The first-order chi connectivity index (χ1) is 5.75. The summed E-state index contributed by atoms with van der Waals surface area (Å²) in [6, 6.07) is 0.807. The predicted octanol–water partition coefficient (Wildman–Crippen LogP) is 1.33. The Labute approximate surface area is 76.3 Å². The van der Waals surface area contributed by atoms with Gasteiger partial charge >= 0.3 is 0 Å². The van der Waals surface area contributed by atoms with Gasteiger partial charge in [0.25, 0.3) is 0 Å². The summed E-state index contributed by atoms with van der Waals surface area (Å²) in [6.45, 7) is 4.73. The van der Waals surface area contributed by atoms with Crippen LogP contribution < -0.4 is 5.32 Å². The third kappa shape index (κ3) is 3.11. The fraction of sp³-hybridized carbons (Fsp3) is 1.00. The van der Waals surface area contributed by atoms with Gasteiger partial charge in [0.2, 0.25) is 0 Å². The molecule has 0 spiro atoms. The van der Waals surface area contributed by atoms with E-state index in [-0.39, 0.29) is 0 Å². The van der Waals surface area contributed by atoms with Crippen LogP contribution in [0.15, 0.2) is 0 Å². The van der Waals surface area contributed by atoms with E-state index in [1.54, 1.807) is 0 Å². The zero-order chi connectivity index (χ0) is 8.97. The highest BCUT2D eigenvalue weighted by molar-refractivity contribution is 4.83. The van der Waals surface area contributed by atoms with Crippen molar-refractivity contribution in [2.45, 2.75) is 32.2 Å². The molecule has 1 aliphatic carbocycles. The second-order valence-electron chi connectivity index (χ2n) is 4.02. The lowest BCUT2D eigenvalue weighted by atomic mass is 10.2. The molecule has 1 fully saturated rings. The number of nitrogens with one attached hydrogen (secondary N) is 1. The molecule has 0 aromatic heterocycles. The molecule has 0 aromatic carbocycles. The molecule has 0 bridgehead atoms. The van der Waals surface area contributed by atoms with Crippen molar-refractivity contribution in [2.24, 2.45) is 5.92 Å². The van der Waals surface area contributed by atoms with Crippen LogP contribution in [0.5, 0.6) is 0 Å². The van der Waals surface area contributed by atoms with Crippen molar-refractivity contribution in [2.75, 3.05) is 27.2 Å². The van der Waals surface area contributed by atoms with Crippen LogP contribution in [-0.4, -0.2) is 38.1 Å². The average Bonchev–Trinajstić information content (AvgIpc) is 2.86. The number of nitrogens with zero attached hydrogens (tertiary/aromatic N) is 1. The van der Waals surface area contributed by atoms with Gasteiger partial charge in [0.05, 0.1) is 0 Å². The van der Waals surface area contributed by atoms with Crippen LogP contribution in [0.25, 0.3) is 0 Å². The van der Waals surface area contributed by atoms with Gasteiger partial charge in [0.1, 0.15) is 0 Å². The molecule has 72 valence electrons. The standard InChI is InChI=1S/C10H22N2/c1-9(10-5-6-10)12(3)8-4-7-11-2/h9-11H,4-8H2,1-3H3. The molecule has 0 radical (unpaired) electrons. The molecule has 0 saturated heterocycles. The lowest BCUT2D eigenvalue weighted by Crippen LogP contribution is -2.32. The highest BCUT2D eigenvalue weighted by Crippen LogP contribution is 2.34. The van der Waals surface area contributed by atoms with E-state index in [9.17, 15) is 0 Å². The van der Waals surface area contributed by atoms with E-state index in [1.807, 2.05) is 7.05 Å². The molecule has 1 rings (SSSR count). The quantitative estimate of drug-likeness (QED) is 0.605. The normalized spacial score (nSPS) is 20.0. The Bertz CT molecular complexity index is 121. The molecule has 1 N–H and O–H groups in total. The van der Waals surface area contributed by atoms with E-state index in [4.69, 9.17) is 0 Å². The van der Waals surface area contributed by atoms with Gasteiger partial charge in [-0.3, -0.25) is 0 Å². The van der Waals surface area contributed by atoms with Gasteiger partial charge in [0.15, 0.2) is 0 Å². The first-order valence-corrected chi connectivity index (χ1v) is 5.10. The lowest BCUT2D eigenvalue weighted by molar-refractivity contribution is 0.232. The highest BCUT2D eigenvalue weighted by Gasteiger charge is 2.29. The van der Waals surface area contributed by atoms with Gasteiger partial charge in [-0.25, -0.2) is 0 Å². The Morgan fingerprint density at radius 2 is 2.17 bits per heavy atom. The van der Waals surface area contributed by atoms with Crippen LogP contribution in [0.2, 0.25) is 0 Å². The maximum atomic E-state index is 3.18. The van der Waals surface area contributed by atoms with E-state index in [1.165, 1.54) is 25.8 Å². The molecular formula is C10H22N2. The lowest BCUT2D eigenvalue weighted by Gasteiger charge is -2.24. The van der Waals surface area contributed by atoms with Crippen LogP contribution in [0.3, 0.4) is 0 Å². The van der Waals surface area contributed by atoms with Crippen LogP contribution in [0.1, 0.15) is 26.2 Å². The molecule has 12 heavy (non-hydrogen) atoms. The fourth-order valence-electron chi connectivity index (χ4n) is 1.65. The van der Waals surface area contributed by atoms with Crippen molar-refractivity contribution in [3.8, 4) is 0 Å². The van der Waals surface area contributed by atoms with Gasteiger partial charge in [-0.2, -0.15) is 0 Å². The second-order valence-corrected chi connectivity index (χ2v) is 4.02. The molecular weight excluding hydrogens is 148 g/mol. The Morgan fingerprint density at radius 1 is 1.50 bits per heavy atom. The van der Waals surface area contributed by atoms with Crippen LogP contribution in [-0.2, 0) is 0 Å². The van der Waals surface area contributed by atoms with Gasteiger partial charge in [-0.05, 0) is 59.3 Å². The summed E-state index contributed by atoms with van der Waals surface area (Å²) in [7, 11) is 4.27. The topological polar surface area (TPSA) is 15.3 Å². The average molecular weight is 170 g/mol. The summed E-state index contributed by atoms with van der Waals surface area (Å²) in [5.41, 5.74) is 0. The first-order valence-electron chi connectivity index (χ1n) is 5.10. The van der Waals surface area contributed by atoms with E-state index < -0.39 is 0 Å². The van der Waals surface area contributed by atoms with E-state index in [0.29, 0.717) is 0 Å². The van der Waals surface area contributed by atoms with E-state index >= 15 is 0 Å². The Morgan fingerprint density at radius 3 is 2.67 bits per heavy atom. The van der Waals surface area contributed by atoms with Gasteiger partial charge < -0.3 is 10.2 Å². The van der Waals surface area contributed by atoms with E-state index in [0.717, 1.165) is 18.5 Å². The van der Waals surface area contributed by atoms with Gasteiger partial charge in [-0.1, -0.05) is 0 Å². The molecule has 2 heteroatoms. The highest BCUT2D eigenvalue weighted by atomic mass is 15.1. The maximum absolute atomic E-state index is 3.18. The minimum Gasteiger partial charge on any atom is -0.320 e. The summed E-state index contributed by atoms with van der Waals surface area (Å²) in [5.74, 6) is 1.00. The fourth-order valence-corrected chi connectivity index (χ4v) is 1.65. The van der Waals surface area contributed by atoms with Gasteiger partial charge in [-0.15, -0.1) is 0 Å². The molecule has 0 aliphatic heterocycles. The molecule has 2 nitrogen and oxygen atoms in total. The van der Waals surface area contributed by atoms with Crippen molar-refractivity contribution in [1.82, 2.24) is 10.2 Å². The second kappa shape index (κ2) is 4.83. The van der Waals surface area contributed by atoms with Crippen molar-refractivity contribution < 1.29 is 0 Å². The minimum atomic E-state index is 0.807. The first kappa shape index (κ1) is 10.0. The summed E-state index contributed by atoms with van der Waals surface area (Å²) in [5, 5.41) is 3.18. The third-order valence-corrected chi connectivity index (χ3v) is 2.94. The van der Waals surface area contributed by atoms with Crippen LogP contribution in [0, 0.1) is 5.92 Å². The number of hydrogen-bond acceptors (Lipinski definition) is 2. The monoisotopic (exact) mass is 170 g/mol. The predicted molar refractivity (Wildman–Crippen MR) is 53.4 cm³/mol. The summed E-state index contributed by atoms with van der Waals surface area (Å²) >= 11 is 0. The molecule has 0 amide bonds. The van der Waals surface area contributed by atoms with Crippen molar-refractivity contribution in [1.29, 1.82) is 0 Å². The van der Waals surface area contributed by atoms with Crippen LogP contribution in [0.4, 0.5) is 0 Å². The van der Waals surface area contributed by atoms with Gasteiger partial charge in [0, 0.05) is 6.04 Å². The maximum Gasteiger partial charge on any atom is 0.00921 e. The third-order valence-electron chi connectivity index (χ3n) is 2.94. The number of rotatable bonds is 6. The molecule has 0 aromatic rings. The molecule has 1 aliphatic rings. The van der Waals surface area contributed by atoms with Crippen LogP contribution >= 0.6 is 0 Å². The Kier molecular flexibility index (Phi) is 4.02. The van der Waals surface area contributed by atoms with Crippen molar-refractivity contribution in [3.05, 3.63) is 0 Å². The zero-order valence-electron chi connectivity index (χ0n) is 8.64. The zero-order valence-corrected chi connectivity index (χ0v) is 8.64. The summed E-state index contributed by atoms with van der Waals surface area (Å²) in [6.07, 6.45) is 4.18. The molecule has 1 atom stereocenters. The molecule has 1 unspecified atom stereocenters. The van der Waals surface area contributed by atoms with Crippen molar-refractivity contribution >= 4 is 0 Å². The minimum absolute atomic E-state index is 0.807. The summed E-state index contributed by atoms with van der Waals surface area (Å²) < 4.78 is 0. The molecule has 1 saturated carbocycles. The largest absolute Gasteiger partial charge is 0.320 e. The smallest absolute Gasteiger partial charge is 0.00921 e. The summed E-state index contributed by atoms with van der Waals surface area (Å²) in [4.78, 5) is 2.50. The van der Waals surface area contributed by atoms with Crippen molar-refractivity contribution in [3.63, 3.8) is 0 Å².